The minimum absolute atomic E-state index is 0.0219. The van der Waals surface area contributed by atoms with Crippen molar-refractivity contribution >= 4 is 40.5 Å². The van der Waals surface area contributed by atoms with E-state index >= 15 is 0 Å². The number of para-hydroxylation sites is 1. The van der Waals surface area contributed by atoms with E-state index in [-0.39, 0.29) is 10.7 Å². The molecular formula is C26H22ClN3O6. The molecular weight excluding hydrogens is 486 g/mol. The van der Waals surface area contributed by atoms with Gasteiger partial charge >= 0.3 is 0 Å². The number of hydroxylamine groups is 1. The van der Waals surface area contributed by atoms with Crippen molar-refractivity contribution in [3.8, 4) is 5.75 Å². The molecule has 2 aliphatic heterocycles. The predicted octanol–water partition coefficient (Wildman–Crippen LogP) is 5.09. The van der Waals surface area contributed by atoms with Crippen LogP contribution in [0.25, 0.3) is 0 Å². The molecule has 0 aliphatic carbocycles. The fourth-order valence-corrected chi connectivity index (χ4v) is 4.76. The summed E-state index contributed by atoms with van der Waals surface area (Å²) in [5.41, 5.74) is 1.16. The summed E-state index contributed by atoms with van der Waals surface area (Å²) >= 11 is 6.04. The summed E-state index contributed by atoms with van der Waals surface area (Å²) in [4.78, 5) is 45.3. The number of hydrogen-bond donors (Lipinski definition) is 0. The Morgan fingerprint density at radius 1 is 1.00 bits per heavy atom. The van der Waals surface area contributed by atoms with E-state index in [2.05, 4.69) is 0 Å². The van der Waals surface area contributed by atoms with Gasteiger partial charge in [0, 0.05) is 6.07 Å². The maximum Gasteiger partial charge on any atom is 0.288 e. The van der Waals surface area contributed by atoms with Gasteiger partial charge in [-0.05, 0) is 54.4 Å². The van der Waals surface area contributed by atoms with Crippen LogP contribution in [0.2, 0.25) is 5.02 Å². The highest BCUT2D eigenvalue weighted by Crippen LogP contribution is 2.48. The number of nitro groups is 1. The molecule has 5 rings (SSSR count). The fourth-order valence-electron chi connectivity index (χ4n) is 4.57. The molecule has 0 saturated carbocycles. The van der Waals surface area contributed by atoms with Gasteiger partial charge in [-0.15, -0.1) is 0 Å². The van der Waals surface area contributed by atoms with Gasteiger partial charge in [0.15, 0.2) is 6.10 Å². The van der Waals surface area contributed by atoms with E-state index in [1.165, 1.54) is 17.2 Å². The van der Waals surface area contributed by atoms with Crippen molar-refractivity contribution in [2.75, 3.05) is 16.6 Å². The normalized spacial score (nSPS) is 21.1. The zero-order valence-electron chi connectivity index (χ0n) is 19.2. The first-order valence-corrected chi connectivity index (χ1v) is 11.8. The maximum atomic E-state index is 13.7. The molecule has 3 aromatic carbocycles. The van der Waals surface area contributed by atoms with Crippen molar-refractivity contribution in [3.63, 3.8) is 0 Å². The van der Waals surface area contributed by atoms with Gasteiger partial charge < -0.3 is 4.74 Å². The highest BCUT2D eigenvalue weighted by Gasteiger charge is 2.60. The molecule has 0 bridgehead atoms. The molecule has 36 heavy (non-hydrogen) atoms. The third-order valence-corrected chi connectivity index (χ3v) is 6.52. The van der Waals surface area contributed by atoms with Gasteiger partial charge in [-0.25, -0.2) is 9.96 Å². The standard InChI is InChI=1S/C26H22ClN3O6/c1-2-14-35-19-11-9-17(10-12-19)28-25(31)22-23(16-8-13-20(27)21(15-16)30(33)34)29(36-24(22)26(28)32)18-6-4-3-5-7-18/h3-13,15,22-24H,2,14H2,1H3/t22-,23-,24-/m1/s1. The first kappa shape index (κ1) is 23.8. The molecule has 0 unspecified atom stereocenters. The lowest BCUT2D eigenvalue weighted by molar-refractivity contribution is -0.384. The number of hydrogen-bond acceptors (Lipinski definition) is 7. The van der Waals surface area contributed by atoms with E-state index in [0.717, 1.165) is 11.3 Å². The molecule has 2 heterocycles. The molecule has 0 aromatic heterocycles. The summed E-state index contributed by atoms with van der Waals surface area (Å²) < 4.78 is 5.59. The number of halogens is 1. The number of carbonyl (C=O) groups excluding carboxylic acids is 2. The van der Waals surface area contributed by atoms with Crippen LogP contribution in [0, 0.1) is 16.0 Å². The van der Waals surface area contributed by atoms with Crippen LogP contribution in [-0.4, -0.2) is 29.4 Å². The predicted molar refractivity (Wildman–Crippen MR) is 133 cm³/mol. The first-order valence-electron chi connectivity index (χ1n) is 11.5. The molecule has 2 saturated heterocycles. The third kappa shape index (κ3) is 4.06. The largest absolute Gasteiger partial charge is 0.494 e. The lowest BCUT2D eigenvalue weighted by Crippen LogP contribution is -2.37. The van der Waals surface area contributed by atoms with E-state index in [0.29, 0.717) is 29.3 Å². The highest BCUT2D eigenvalue weighted by atomic mass is 35.5. The number of amides is 2. The number of benzene rings is 3. The van der Waals surface area contributed by atoms with Crippen molar-refractivity contribution in [1.82, 2.24) is 0 Å². The number of imide groups is 1. The molecule has 2 aliphatic rings. The van der Waals surface area contributed by atoms with Crippen LogP contribution in [-0.2, 0) is 14.4 Å². The Labute approximate surface area is 211 Å². The smallest absolute Gasteiger partial charge is 0.288 e. The van der Waals surface area contributed by atoms with Crippen molar-refractivity contribution in [3.05, 3.63) is 93.5 Å². The summed E-state index contributed by atoms with van der Waals surface area (Å²) in [5.74, 6) is -1.24. The molecule has 2 fully saturated rings. The molecule has 0 N–H and O–H groups in total. The Kier molecular flexibility index (Phi) is 6.34. The number of nitrogens with zero attached hydrogens (tertiary/aromatic N) is 3. The molecule has 10 heteroatoms. The van der Waals surface area contributed by atoms with Crippen LogP contribution in [0.3, 0.4) is 0 Å². The van der Waals surface area contributed by atoms with Crippen LogP contribution < -0.4 is 14.7 Å². The maximum absolute atomic E-state index is 13.7. The number of carbonyl (C=O) groups is 2. The zero-order chi connectivity index (χ0) is 25.4. The van der Waals surface area contributed by atoms with Crippen molar-refractivity contribution in [2.24, 2.45) is 5.92 Å². The quantitative estimate of drug-likeness (QED) is 0.249. The minimum Gasteiger partial charge on any atom is -0.494 e. The Morgan fingerprint density at radius 2 is 1.72 bits per heavy atom. The van der Waals surface area contributed by atoms with E-state index < -0.39 is 34.8 Å². The Bertz CT molecular complexity index is 1320. The van der Waals surface area contributed by atoms with E-state index in [1.54, 1.807) is 54.6 Å². The monoisotopic (exact) mass is 507 g/mol. The van der Waals surface area contributed by atoms with Gasteiger partial charge in [-0.3, -0.25) is 24.5 Å². The van der Waals surface area contributed by atoms with Gasteiger partial charge in [0.1, 0.15) is 16.7 Å². The Hall–Kier alpha value is -3.95. The molecule has 3 aromatic rings. The average molecular weight is 508 g/mol. The van der Waals surface area contributed by atoms with Crippen molar-refractivity contribution < 1.29 is 24.1 Å². The number of fused-ring (bicyclic) bond motifs is 1. The summed E-state index contributed by atoms with van der Waals surface area (Å²) in [6.07, 6.45) is -0.235. The second-order valence-electron chi connectivity index (χ2n) is 8.48. The van der Waals surface area contributed by atoms with Crippen LogP contribution in [0.1, 0.15) is 24.9 Å². The number of nitro benzene ring substituents is 1. The molecule has 184 valence electrons. The summed E-state index contributed by atoms with van der Waals surface area (Å²) in [5, 5.41) is 13.0. The number of anilines is 2. The van der Waals surface area contributed by atoms with Crippen LogP contribution in [0.5, 0.6) is 5.75 Å². The second kappa shape index (κ2) is 9.60. The molecule has 3 atom stereocenters. The summed E-state index contributed by atoms with van der Waals surface area (Å²) in [6.45, 7) is 2.56. The Morgan fingerprint density at radius 3 is 2.39 bits per heavy atom. The van der Waals surface area contributed by atoms with Crippen LogP contribution in [0.4, 0.5) is 17.1 Å². The van der Waals surface area contributed by atoms with Gasteiger partial charge in [0.25, 0.3) is 11.6 Å². The Balaban J connectivity index is 1.54. The lowest BCUT2D eigenvalue weighted by Gasteiger charge is -2.28. The van der Waals surface area contributed by atoms with Crippen LogP contribution >= 0.6 is 11.6 Å². The third-order valence-electron chi connectivity index (χ3n) is 6.20. The van der Waals surface area contributed by atoms with Gasteiger partial charge in [-0.2, -0.15) is 0 Å². The average Bonchev–Trinajstić information content (AvgIpc) is 3.39. The molecule has 0 spiro atoms. The van der Waals surface area contributed by atoms with Gasteiger partial charge in [0.05, 0.1) is 28.9 Å². The van der Waals surface area contributed by atoms with Crippen LogP contribution in [0.15, 0.2) is 72.8 Å². The number of ether oxygens (including phenoxy) is 1. The lowest BCUT2D eigenvalue weighted by atomic mass is 9.90. The first-order chi connectivity index (χ1) is 17.4. The fraction of sp³-hybridized carbons (Fsp3) is 0.231. The molecule has 9 nitrogen and oxygen atoms in total. The topological polar surface area (TPSA) is 102 Å². The number of rotatable bonds is 7. The van der Waals surface area contributed by atoms with Crippen molar-refractivity contribution in [2.45, 2.75) is 25.5 Å². The van der Waals surface area contributed by atoms with Gasteiger partial charge in [0.2, 0.25) is 5.91 Å². The van der Waals surface area contributed by atoms with Crippen molar-refractivity contribution in [1.29, 1.82) is 0 Å². The van der Waals surface area contributed by atoms with Gasteiger partial charge in [-0.1, -0.05) is 42.8 Å². The summed E-state index contributed by atoms with van der Waals surface area (Å²) in [7, 11) is 0. The van der Waals surface area contributed by atoms with E-state index in [4.69, 9.17) is 21.2 Å². The molecule has 2 amide bonds. The van der Waals surface area contributed by atoms with E-state index in [9.17, 15) is 19.7 Å². The highest BCUT2D eigenvalue weighted by molar-refractivity contribution is 6.32. The van der Waals surface area contributed by atoms with E-state index in [1.807, 2.05) is 13.0 Å². The molecule has 0 radical (unpaired) electrons. The second-order valence-corrected chi connectivity index (χ2v) is 8.89. The SMILES string of the molecule is CCCOc1ccc(N2C(=O)[C@@H]3[C@@H](c4ccc(Cl)c([N+](=O)[O-])c4)N(c4ccccc4)O[C@H]3C2=O)cc1. The minimum atomic E-state index is -1.09. The summed E-state index contributed by atoms with van der Waals surface area (Å²) in [6, 6.07) is 19.3. The zero-order valence-corrected chi connectivity index (χ0v) is 20.0.